The van der Waals surface area contributed by atoms with Gasteiger partial charge in [-0.15, -0.1) is 0 Å². The van der Waals surface area contributed by atoms with E-state index in [0.717, 1.165) is 17.0 Å². The van der Waals surface area contributed by atoms with Crippen LogP contribution in [0.15, 0.2) is 30.6 Å². The van der Waals surface area contributed by atoms with Crippen LogP contribution < -0.4 is 0 Å². The molecule has 2 heterocycles. The third-order valence-electron chi connectivity index (χ3n) is 3.73. The van der Waals surface area contributed by atoms with Gasteiger partial charge in [-0.1, -0.05) is 42.0 Å². The van der Waals surface area contributed by atoms with Crippen molar-refractivity contribution in [1.82, 2.24) is 19.5 Å². The largest absolute Gasteiger partial charge is 0.492 e. The molecular weight excluding hydrogens is 336 g/mol. The van der Waals surface area contributed by atoms with E-state index in [1.54, 1.807) is 0 Å². The molecule has 3 aromatic rings. The van der Waals surface area contributed by atoms with E-state index in [-0.39, 0.29) is 18.5 Å². The molecule has 6 nitrogen and oxygen atoms in total. The average Bonchev–Trinajstić information content (AvgIpc) is 3.12. The lowest BCUT2D eigenvalue weighted by Gasteiger charge is -2.29. The first-order valence-corrected chi connectivity index (χ1v) is 8.47. The SMILES string of the molecule is CCN(CCO)C(c1ccc(Cl)cc1)c1sc2ncnn2c1O. The summed E-state index contributed by atoms with van der Waals surface area (Å²) in [6, 6.07) is 7.32. The number of thiazole rings is 1. The highest BCUT2D eigenvalue weighted by molar-refractivity contribution is 7.17. The van der Waals surface area contributed by atoms with E-state index in [9.17, 15) is 10.2 Å². The van der Waals surface area contributed by atoms with Gasteiger partial charge in [0.25, 0.3) is 0 Å². The zero-order valence-corrected chi connectivity index (χ0v) is 14.1. The van der Waals surface area contributed by atoms with Gasteiger partial charge in [0.05, 0.1) is 17.5 Å². The van der Waals surface area contributed by atoms with Crippen LogP contribution in [0.1, 0.15) is 23.4 Å². The van der Waals surface area contributed by atoms with E-state index in [1.165, 1.54) is 22.2 Å². The molecule has 0 aliphatic carbocycles. The van der Waals surface area contributed by atoms with Crippen LogP contribution in [-0.4, -0.2) is 49.4 Å². The maximum absolute atomic E-state index is 10.5. The summed E-state index contributed by atoms with van der Waals surface area (Å²) in [6.07, 6.45) is 1.41. The predicted molar refractivity (Wildman–Crippen MR) is 90.2 cm³/mol. The number of aliphatic hydroxyl groups is 1. The van der Waals surface area contributed by atoms with Crippen molar-refractivity contribution in [2.45, 2.75) is 13.0 Å². The highest BCUT2D eigenvalue weighted by atomic mass is 35.5. The Labute approximate surface area is 142 Å². The lowest BCUT2D eigenvalue weighted by Crippen LogP contribution is -2.31. The van der Waals surface area contributed by atoms with Crippen molar-refractivity contribution in [3.63, 3.8) is 0 Å². The second-order valence-corrected chi connectivity index (χ2v) is 6.50. The molecule has 122 valence electrons. The minimum atomic E-state index is -0.196. The number of hydrogen-bond donors (Lipinski definition) is 2. The van der Waals surface area contributed by atoms with Gasteiger partial charge in [-0.2, -0.15) is 9.61 Å². The average molecular weight is 353 g/mol. The summed E-state index contributed by atoms with van der Waals surface area (Å²) >= 11 is 7.38. The number of hydrogen-bond acceptors (Lipinski definition) is 6. The van der Waals surface area contributed by atoms with Gasteiger partial charge in [0.2, 0.25) is 10.8 Å². The first kappa shape index (κ1) is 16.2. The van der Waals surface area contributed by atoms with E-state index in [0.29, 0.717) is 16.5 Å². The minimum Gasteiger partial charge on any atom is -0.492 e. The van der Waals surface area contributed by atoms with Gasteiger partial charge >= 0.3 is 0 Å². The number of fused-ring (bicyclic) bond motifs is 1. The third kappa shape index (κ3) is 3.05. The molecule has 8 heteroatoms. The number of benzene rings is 1. The van der Waals surface area contributed by atoms with Crippen molar-refractivity contribution in [3.8, 4) is 5.88 Å². The van der Waals surface area contributed by atoms with Gasteiger partial charge in [-0.3, -0.25) is 4.90 Å². The van der Waals surface area contributed by atoms with Gasteiger partial charge in [0.15, 0.2) is 0 Å². The Balaban J connectivity index is 2.11. The molecule has 3 rings (SSSR count). The summed E-state index contributed by atoms with van der Waals surface area (Å²) in [6.45, 7) is 3.28. The van der Waals surface area contributed by atoms with Crippen LogP contribution in [-0.2, 0) is 0 Å². The van der Waals surface area contributed by atoms with Gasteiger partial charge < -0.3 is 10.2 Å². The standard InChI is InChI=1S/C15H17ClN4O2S/c1-2-19(7-8-21)12(10-3-5-11(16)6-4-10)13-14(22)20-15(23-13)17-9-18-20/h3-6,9,12,21-22H,2,7-8H2,1H3. The second kappa shape index (κ2) is 6.84. The Kier molecular flexibility index (Phi) is 4.82. The van der Waals surface area contributed by atoms with Crippen molar-refractivity contribution >= 4 is 27.9 Å². The number of rotatable bonds is 6. The molecule has 0 aliphatic rings. The normalized spacial score (nSPS) is 13.0. The number of likely N-dealkylation sites (N-methyl/N-ethyl adjacent to an activating group) is 1. The zero-order chi connectivity index (χ0) is 16.4. The molecule has 0 saturated heterocycles. The molecule has 23 heavy (non-hydrogen) atoms. The summed E-state index contributed by atoms with van der Waals surface area (Å²) < 4.78 is 1.43. The second-order valence-electron chi connectivity index (χ2n) is 5.05. The van der Waals surface area contributed by atoms with Crippen molar-refractivity contribution < 1.29 is 10.2 Å². The number of aromatic nitrogens is 3. The number of aliphatic hydroxyl groups excluding tert-OH is 1. The molecule has 2 aromatic heterocycles. The number of aromatic hydroxyl groups is 1. The summed E-state index contributed by atoms with van der Waals surface area (Å²) in [7, 11) is 0. The van der Waals surface area contributed by atoms with Crippen molar-refractivity contribution in [2.24, 2.45) is 0 Å². The monoisotopic (exact) mass is 352 g/mol. The summed E-state index contributed by atoms with van der Waals surface area (Å²) in [5.41, 5.74) is 0.990. The van der Waals surface area contributed by atoms with Crippen LogP contribution in [0.25, 0.3) is 4.96 Å². The van der Waals surface area contributed by atoms with Gasteiger partial charge in [-0.05, 0) is 24.2 Å². The van der Waals surface area contributed by atoms with Crippen LogP contribution >= 0.6 is 22.9 Å². The van der Waals surface area contributed by atoms with Crippen molar-refractivity contribution in [2.75, 3.05) is 19.7 Å². The first-order chi connectivity index (χ1) is 11.2. The van der Waals surface area contributed by atoms with E-state index in [2.05, 4.69) is 15.0 Å². The molecule has 0 saturated carbocycles. The fourth-order valence-electron chi connectivity index (χ4n) is 2.64. The van der Waals surface area contributed by atoms with Gasteiger partial charge in [0, 0.05) is 11.6 Å². The van der Waals surface area contributed by atoms with E-state index >= 15 is 0 Å². The lowest BCUT2D eigenvalue weighted by molar-refractivity contribution is 0.174. The van der Waals surface area contributed by atoms with E-state index in [4.69, 9.17) is 11.6 Å². The Bertz CT molecular complexity index is 786. The Morgan fingerprint density at radius 3 is 2.70 bits per heavy atom. The minimum absolute atomic E-state index is 0.0411. The highest BCUT2D eigenvalue weighted by Crippen LogP contribution is 2.39. The molecule has 0 spiro atoms. The Morgan fingerprint density at radius 1 is 1.35 bits per heavy atom. The van der Waals surface area contributed by atoms with Crippen molar-refractivity contribution in [1.29, 1.82) is 0 Å². The summed E-state index contributed by atoms with van der Waals surface area (Å²) in [4.78, 5) is 7.62. The molecule has 2 N–H and O–H groups in total. The molecule has 0 bridgehead atoms. The number of nitrogens with zero attached hydrogens (tertiary/aromatic N) is 4. The van der Waals surface area contributed by atoms with Crippen molar-refractivity contribution in [3.05, 3.63) is 46.1 Å². The molecule has 0 fully saturated rings. The van der Waals surface area contributed by atoms with Crippen LogP contribution in [0.2, 0.25) is 5.02 Å². The van der Waals surface area contributed by atoms with Crippen LogP contribution in [0, 0.1) is 0 Å². The molecule has 1 aromatic carbocycles. The van der Waals surface area contributed by atoms with Gasteiger partial charge in [0.1, 0.15) is 6.33 Å². The quantitative estimate of drug-likeness (QED) is 0.713. The lowest BCUT2D eigenvalue weighted by atomic mass is 10.0. The number of halogens is 1. The third-order valence-corrected chi connectivity index (χ3v) is 5.07. The molecular formula is C15H17ClN4O2S. The molecule has 1 atom stereocenters. The highest BCUT2D eigenvalue weighted by Gasteiger charge is 2.28. The first-order valence-electron chi connectivity index (χ1n) is 7.27. The summed E-state index contributed by atoms with van der Waals surface area (Å²) in [5.74, 6) is 0.0823. The Morgan fingerprint density at radius 2 is 2.09 bits per heavy atom. The maximum Gasteiger partial charge on any atom is 0.230 e. The summed E-state index contributed by atoms with van der Waals surface area (Å²) in [5, 5.41) is 24.6. The molecule has 1 unspecified atom stereocenters. The fourth-order valence-corrected chi connectivity index (χ4v) is 3.86. The topological polar surface area (TPSA) is 73.9 Å². The van der Waals surface area contributed by atoms with E-state index < -0.39 is 0 Å². The van der Waals surface area contributed by atoms with Crippen LogP contribution in [0.3, 0.4) is 0 Å². The van der Waals surface area contributed by atoms with Crippen LogP contribution in [0.4, 0.5) is 0 Å². The maximum atomic E-state index is 10.5. The zero-order valence-electron chi connectivity index (χ0n) is 12.6. The van der Waals surface area contributed by atoms with E-state index in [1.807, 2.05) is 31.2 Å². The fraction of sp³-hybridized carbons (Fsp3) is 0.333. The van der Waals surface area contributed by atoms with Gasteiger partial charge in [-0.25, -0.2) is 4.98 Å². The smallest absolute Gasteiger partial charge is 0.230 e. The molecule has 0 aliphatic heterocycles. The molecule has 0 amide bonds. The molecule has 0 radical (unpaired) electrons. The van der Waals surface area contributed by atoms with Crippen LogP contribution in [0.5, 0.6) is 5.88 Å². The predicted octanol–water partition coefficient (Wildman–Crippen LogP) is 2.55. The Hall–Kier alpha value is -1.67.